The first-order chi connectivity index (χ1) is 9.47. The molecule has 1 aromatic heterocycles. The van der Waals surface area contributed by atoms with Crippen molar-refractivity contribution in [3.63, 3.8) is 0 Å². The summed E-state index contributed by atoms with van der Waals surface area (Å²) in [6.45, 7) is 6.78. The molecule has 108 valence electrons. The van der Waals surface area contributed by atoms with Gasteiger partial charge in [-0.3, -0.25) is 0 Å². The van der Waals surface area contributed by atoms with Crippen LogP contribution in [0.3, 0.4) is 0 Å². The van der Waals surface area contributed by atoms with Crippen LogP contribution in [0.1, 0.15) is 26.7 Å². The number of rotatable bonds is 5. The first-order valence-corrected chi connectivity index (χ1v) is 6.44. The van der Waals surface area contributed by atoms with E-state index in [0.717, 1.165) is 12.1 Å². The van der Waals surface area contributed by atoms with Crippen molar-refractivity contribution < 1.29 is 14.4 Å². The fraction of sp³-hybridized carbons (Fsp3) is 0.429. The minimum atomic E-state index is -0.388. The number of benzene rings is 1. The first-order valence-electron chi connectivity index (χ1n) is 6.44. The van der Waals surface area contributed by atoms with Gasteiger partial charge in [0.1, 0.15) is 0 Å². The van der Waals surface area contributed by atoms with Gasteiger partial charge >= 0.3 is 0 Å². The number of nitrogens with one attached hydrogen (secondary N) is 1. The Morgan fingerprint density at radius 2 is 2.15 bits per heavy atom. The van der Waals surface area contributed by atoms with Crippen molar-refractivity contribution in [3.05, 3.63) is 24.1 Å². The second-order valence-corrected chi connectivity index (χ2v) is 4.97. The summed E-state index contributed by atoms with van der Waals surface area (Å²) in [6, 6.07) is 4.93. The van der Waals surface area contributed by atoms with Crippen molar-refractivity contribution in [2.45, 2.75) is 26.3 Å². The minimum absolute atomic E-state index is 0.0768. The molecule has 0 saturated heterocycles. The van der Waals surface area contributed by atoms with Crippen LogP contribution in [-0.4, -0.2) is 28.9 Å². The molecule has 0 aliphatic heterocycles. The van der Waals surface area contributed by atoms with Crippen LogP contribution in [0.5, 0.6) is 11.5 Å². The zero-order valence-corrected chi connectivity index (χ0v) is 12.1. The molecule has 2 aromatic rings. The number of phenols is 1. The van der Waals surface area contributed by atoms with Gasteiger partial charge in [-0.15, -0.1) is 0 Å². The molecule has 0 radical (unpaired) electrons. The molecule has 6 nitrogen and oxygen atoms in total. The Morgan fingerprint density at radius 3 is 2.80 bits per heavy atom. The Morgan fingerprint density at radius 1 is 1.40 bits per heavy atom. The van der Waals surface area contributed by atoms with Gasteiger partial charge in [0.15, 0.2) is 11.5 Å². The summed E-state index contributed by atoms with van der Waals surface area (Å²) in [5, 5.41) is 16.8. The van der Waals surface area contributed by atoms with Gasteiger partial charge in [0.2, 0.25) is 11.7 Å². The SMILES string of the molecule is CCNC(C)(C)c1nc(-c2ccc(O)c(OC)c2)no1. The average molecular weight is 277 g/mol. The summed E-state index contributed by atoms with van der Waals surface area (Å²) in [5.41, 5.74) is 0.336. The molecule has 0 aliphatic carbocycles. The second-order valence-electron chi connectivity index (χ2n) is 4.97. The van der Waals surface area contributed by atoms with Crippen molar-refractivity contribution >= 4 is 0 Å². The molecular weight excluding hydrogens is 258 g/mol. The lowest BCUT2D eigenvalue weighted by Crippen LogP contribution is -2.36. The first kappa shape index (κ1) is 14.3. The number of nitrogens with zero attached hydrogens (tertiary/aromatic N) is 2. The zero-order chi connectivity index (χ0) is 14.8. The Kier molecular flexibility index (Phi) is 3.94. The van der Waals surface area contributed by atoms with Gasteiger partial charge in [0.25, 0.3) is 0 Å². The number of ether oxygens (including phenoxy) is 1. The molecule has 2 rings (SSSR count). The molecule has 0 saturated carbocycles. The lowest BCUT2D eigenvalue weighted by atomic mass is 10.1. The summed E-state index contributed by atoms with van der Waals surface area (Å²) < 4.78 is 10.4. The van der Waals surface area contributed by atoms with Gasteiger partial charge < -0.3 is 19.7 Å². The third-order valence-electron chi connectivity index (χ3n) is 3.02. The summed E-state index contributed by atoms with van der Waals surface area (Å²) in [4.78, 5) is 4.40. The van der Waals surface area contributed by atoms with Crippen LogP contribution in [0.4, 0.5) is 0 Å². The van der Waals surface area contributed by atoms with Crippen molar-refractivity contribution in [1.29, 1.82) is 0 Å². The molecule has 0 atom stereocenters. The Balaban J connectivity index is 2.33. The smallest absolute Gasteiger partial charge is 0.246 e. The van der Waals surface area contributed by atoms with E-state index in [1.165, 1.54) is 7.11 Å². The van der Waals surface area contributed by atoms with Crippen molar-refractivity contribution in [1.82, 2.24) is 15.5 Å². The highest BCUT2D eigenvalue weighted by Gasteiger charge is 2.26. The van der Waals surface area contributed by atoms with Gasteiger partial charge in [-0.25, -0.2) is 0 Å². The monoisotopic (exact) mass is 277 g/mol. The van der Waals surface area contributed by atoms with Crippen LogP contribution in [-0.2, 0) is 5.54 Å². The largest absolute Gasteiger partial charge is 0.504 e. The van der Waals surface area contributed by atoms with Crippen molar-refractivity contribution in [3.8, 4) is 22.9 Å². The second kappa shape index (κ2) is 5.50. The number of phenolic OH excluding ortho intramolecular Hbond substituents is 1. The molecular formula is C14H19N3O3. The van der Waals surface area contributed by atoms with Crippen LogP contribution in [0.25, 0.3) is 11.4 Å². The predicted molar refractivity (Wildman–Crippen MR) is 74.7 cm³/mol. The van der Waals surface area contributed by atoms with E-state index >= 15 is 0 Å². The van der Waals surface area contributed by atoms with E-state index in [1.807, 2.05) is 20.8 Å². The van der Waals surface area contributed by atoms with E-state index in [-0.39, 0.29) is 11.3 Å². The molecule has 0 fully saturated rings. The van der Waals surface area contributed by atoms with Crippen LogP contribution in [0, 0.1) is 0 Å². The Hall–Kier alpha value is -2.08. The molecule has 6 heteroatoms. The highest BCUT2D eigenvalue weighted by Crippen LogP contribution is 2.31. The zero-order valence-electron chi connectivity index (χ0n) is 12.1. The van der Waals surface area contributed by atoms with Crippen LogP contribution in [0.15, 0.2) is 22.7 Å². The van der Waals surface area contributed by atoms with Gasteiger partial charge in [-0.05, 0) is 38.6 Å². The Bertz CT molecular complexity index is 593. The van der Waals surface area contributed by atoms with E-state index in [0.29, 0.717) is 17.5 Å². The fourth-order valence-corrected chi connectivity index (χ4v) is 1.93. The third-order valence-corrected chi connectivity index (χ3v) is 3.02. The molecule has 0 unspecified atom stereocenters. The standard InChI is InChI=1S/C14H19N3O3/c1-5-15-14(2,3)13-16-12(17-20-13)9-6-7-10(18)11(8-9)19-4/h6-8,15,18H,5H2,1-4H3. The molecule has 0 amide bonds. The van der Waals surface area contributed by atoms with E-state index in [1.54, 1.807) is 18.2 Å². The summed E-state index contributed by atoms with van der Waals surface area (Å²) >= 11 is 0. The van der Waals surface area contributed by atoms with Gasteiger partial charge in [0, 0.05) is 5.56 Å². The van der Waals surface area contributed by atoms with E-state index in [4.69, 9.17) is 9.26 Å². The third kappa shape index (κ3) is 2.75. The number of hydrogen-bond acceptors (Lipinski definition) is 6. The molecule has 1 heterocycles. The van der Waals surface area contributed by atoms with E-state index < -0.39 is 0 Å². The lowest BCUT2D eigenvalue weighted by molar-refractivity contribution is 0.272. The fourth-order valence-electron chi connectivity index (χ4n) is 1.93. The maximum atomic E-state index is 9.59. The summed E-state index contributed by atoms with van der Waals surface area (Å²) in [6.07, 6.45) is 0. The molecule has 0 spiro atoms. The van der Waals surface area contributed by atoms with E-state index in [9.17, 15) is 5.11 Å². The van der Waals surface area contributed by atoms with Crippen molar-refractivity contribution in [2.75, 3.05) is 13.7 Å². The highest BCUT2D eigenvalue weighted by atomic mass is 16.5. The topological polar surface area (TPSA) is 80.4 Å². The van der Waals surface area contributed by atoms with Gasteiger partial charge in [-0.1, -0.05) is 12.1 Å². The molecule has 2 N–H and O–H groups in total. The molecule has 0 bridgehead atoms. The number of hydrogen-bond donors (Lipinski definition) is 2. The number of aromatic hydroxyl groups is 1. The molecule has 20 heavy (non-hydrogen) atoms. The van der Waals surface area contributed by atoms with E-state index in [2.05, 4.69) is 15.5 Å². The van der Waals surface area contributed by atoms with Gasteiger partial charge in [-0.2, -0.15) is 4.98 Å². The van der Waals surface area contributed by atoms with Crippen LogP contribution in [0.2, 0.25) is 0 Å². The van der Waals surface area contributed by atoms with Crippen LogP contribution < -0.4 is 10.1 Å². The predicted octanol–water partition coefficient (Wildman–Crippen LogP) is 2.30. The maximum Gasteiger partial charge on any atom is 0.246 e. The summed E-state index contributed by atoms with van der Waals surface area (Å²) in [7, 11) is 1.49. The average Bonchev–Trinajstić information content (AvgIpc) is 2.89. The van der Waals surface area contributed by atoms with Crippen LogP contribution >= 0.6 is 0 Å². The van der Waals surface area contributed by atoms with Gasteiger partial charge in [0.05, 0.1) is 12.6 Å². The normalized spacial score (nSPS) is 11.6. The van der Waals surface area contributed by atoms with Crippen molar-refractivity contribution in [2.24, 2.45) is 0 Å². The molecule has 1 aromatic carbocycles. The minimum Gasteiger partial charge on any atom is -0.504 e. The molecule has 0 aliphatic rings. The maximum absolute atomic E-state index is 9.59. The number of aromatic nitrogens is 2. The Labute approximate surface area is 117 Å². The quantitative estimate of drug-likeness (QED) is 0.872. The summed E-state index contributed by atoms with van der Waals surface area (Å²) in [5.74, 6) is 1.43. The highest BCUT2D eigenvalue weighted by molar-refractivity contribution is 5.60. The number of methoxy groups -OCH3 is 1. The lowest BCUT2D eigenvalue weighted by Gasteiger charge is -2.20.